The first kappa shape index (κ1) is 10.6. The van der Waals surface area contributed by atoms with Crippen molar-refractivity contribution in [3.63, 3.8) is 0 Å². The minimum absolute atomic E-state index is 0.233. The SMILES string of the molecule is Cc1cc(C(N)c2ncccc2Cl)cs1. The van der Waals surface area contributed by atoms with Gasteiger partial charge in [0.15, 0.2) is 0 Å². The van der Waals surface area contributed by atoms with Crippen LogP contribution in [0.15, 0.2) is 29.8 Å². The van der Waals surface area contributed by atoms with Gasteiger partial charge in [-0.25, -0.2) is 0 Å². The number of hydrogen-bond acceptors (Lipinski definition) is 3. The number of rotatable bonds is 2. The van der Waals surface area contributed by atoms with Crippen LogP contribution < -0.4 is 5.73 Å². The molecule has 0 amide bonds. The monoisotopic (exact) mass is 238 g/mol. The normalized spacial score (nSPS) is 12.7. The summed E-state index contributed by atoms with van der Waals surface area (Å²) in [5.41, 5.74) is 7.89. The van der Waals surface area contributed by atoms with E-state index in [0.717, 1.165) is 11.3 Å². The molecular formula is C11H11ClN2S. The summed E-state index contributed by atoms with van der Waals surface area (Å²) < 4.78 is 0. The molecule has 0 bridgehead atoms. The molecule has 1 atom stereocenters. The number of pyridine rings is 1. The van der Waals surface area contributed by atoms with Gasteiger partial charge in [0.1, 0.15) is 0 Å². The van der Waals surface area contributed by atoms with Crippen LogP contribution in [-0.2, 0) is 0 Å². The molecule has 0 aliphatic rings. The zero-order valence-corrected chi connectivity index (χ0v) is 9.85. The highest BCUT2D eigenvalue weighted by Gasteiger charge is 2.14. The predicted octanol–water partition coefficient (Wildman–Crippen LogP) is 3.15. The van der Waals surface area contributed by atoms with Crippen LogP contribution in [0.1, 0.15) is 22.2 Å². The van der Waals surface area contributed by atoms with Crippen molar-refractivity contribution >= 4 is 22.9 Å². The van der Waals surface area contributed by atoms with Crippen LogP contribution in [0.4, 0.5) is 0 Å². The van der Waals surface area contributed by atoms with Gasteiger partial charge in [-0.15, -0.1) is 11.3 Å². The number of hydrogen-bond donors (Lipinski definition) is 1. The fourth-order valence-corrected chi connectivity index (χ4v) is 2.39. The molecule has 2 aromatic rings. The van der Waals surface area contributed by atoms with Crippen LogP contribution in [-0.4, -0.2) is 4.98 Å². The van der Waals surface area contributed by atoms with Crippen LogP contribution in [0.2, 0.25) is 5.02 Å². The highest BCUT2D eigenvalue weighted by atomic mass is 35.5. The number of nitrogens with two attached hydrogens (primary N) is 1. The molecule has 2 aromatic heterocycles. The maximum absolute atomic E-state index is 6.09. The third-order valence-corrected chi connectivity index (χ3v) is 3.39. The summed E-state index contributed by atoms with van der Waals surface area (Å²) in [6.45, 7) is 2.06. The minimum atomic E-state index is -0.233. The molecule has 0 radical (unpaired) electrons. The standard InChI is InChI=1S/C11H11ClN2S/c1-7-5-8(6-15-7)10(13)11-9(12)3-2-4-14-11/h2-6,10H,13H2,1H3. The summed E-state index contributed by atoms with van der Waals surface area (Å²) in [6.07, 6.45) is 1.71. The second-order valence-electron chi connectivity index (χ2n) is 3.34. The smallest absolute Gasteiger partial charge is 0.0802 e. The zero-order chi connectivity index (χ0) is 10.8. The van der Waals surface area contributed by atoms with Gasteiger partial charge >= 0.3 is 0 Å². The van der Waals surface area contributed by atoms with Gasteiger partial charge < -0.3 is 5.73 Å². The molecule has 0 aromatic carbocycles. The maximum Gasteiger partial charge on any atom is 0.0802 e. The molecule has 2 nitrogen and oxygen atoms in total. The largest absolute Gasteiger partial charge is 0.319 e. The first-order chi connectivity index (χ1) is 7.18. The Morgan fingerprint density at radius 1 is 1.53 bits per heavy atom. The molecule has 15 heavy (non-hydrogen) atoms. The molecule has 2 N–H and O–H groups in total. The Morgan fingerprint density at radius 2 is 2.33 bits per heavy atom. The summed E-state index contributed by atoms with van der Waals surface area (Å²) in [4.78, 5) is 5.45. The molecule has 0 spiro atoms. The lowest BCUT2D eigenvalue weighted by Crippen LogP contribution is -2.13. The molecule has 0 aliphatic heterocycles. The lowest BCUT2D eigenvalue weighted by molar-refractivity contribution is 0.833. The number of nitrogens with zero attached hydrogens (tertiary/aromatic N) is 1. The third-order valence-electron chi connectivity index (χ3n) is 2.19. The van der Waals surface area contributed by atoms with Crippen molar-refractivity contribution in [3.05, 3.63) is 50.9 Å². The molecular weight excluding hydrogens is 228 g/mol. The third kappa shape index (κ3) is 2.20. The van der Waals surface area contributed by atoms with Crippen molar-refractivity contribution < 1.29 is 0 Å². The van der Waals surface area contributed by atoms with Crippen LogP contribution in [0.5, 0.6) is 0 Å². The molecule has 78 valence electrons. The van der Waals surface area contributed by atoms with E-state index in [1.54, 1.807) is 23.6 Å². The van der Waals surface area contributed by atoms with E-state index in [-0.39, 0.29) is 6.04 Å². The van der Waals surface area contributed by atoms with E-state index in [9.17, 15) is 0 Å². The van der Waals surface area contributed by atoms with Gasteiger partial charge in [-0.2, -0.15) is 0 Å². The Morgan fingerprint density at radius 3 is 2.93 bits per heavy atom. The Balaban J connectivity index is 2.36. The highest BCUT2D eigenvalue weighted by Crippen LogP contribution is 2.27. The van der Waals surface area contributed by atoms with Gasteiger partial charge in [0, 0.05) is 11.1 Å². The van der Waals surface area contributed by atoms with E-state index in [4.69, 9.17) is 17.3 Å². The average Bonchev–Trinajstić information content (AvgIpc) is 2.65. The lowest BCUT2D eigenvalue weighted by atomic mass is 10.1. The number of thiophene rings is 1. The predicted molar refractivity (Wildman–Crippen MR) is 64.3 cm³/mol. The van der Waals surface area contributed by atoms with Crippen LogP contribution in [0, 0.1) is 6.92 Å². The molecule has 2 rings (SSSR count). The van der Waals surface area contributed by atoms with Crippen LogP contribution >= 0.6 is 22.9 Å². The van der Waals surface area contributed by atoms with Gasteiger partial charge in [-0.1, -0.05) is 11.6 Å². The second-order valence-corrected chi connectivity index (χ2v) is 4.86. The lowest BCUT2D eigenvalue weighted by Gasteiger charge is -2.10. The number of halogens is 1. The van der Waals surface area contributed by atoms with Crippen molar-refractivity contribution in [2.75, 3.05) is 0 Å². The van der Waals surface area contributed by atoms with E-state index in [1.807, 2.05) is 11.4 Å². The summed E-state index contributed by atoms with van der Waals surface area (Å²) in [6, 6.07) is 5.45. The summed E-state index contributed by atoms with van der Waals surface area (Å²) in [5, 5.41) is 2.67. The van der Waals surface area contributed by atoms with Crippen molar-refractivity contribution in [2.24, 2.45) is 5.73 Å². The topological polar surface area (TPSA) is 38.9 Å². The number of aryl methyl sites for hydroxylation is 1. The van der Waals surface area contributed by atoms with Gasteiger partial charge in [0.25, 0.3) is 0 Å². The second kappa shape index (κ2) is 4.31. The molecule has 0 saturated carbocycles. The quantitative estimate of drug-likeness (QED) is 0.873. The van der Waals surface area contributed by atoms with Gasteiger partial charge in [-0.05, 0) is 36.1 Å². The molecule has 1 unspecified atom stereocenters. The average molecular weight is 239 g/mol. The van der Waals surface area contributed by atoms with Gasteiger partial charge in [0.2, 0.25) is 0 Å². The Kier molecular flexibility index (Phi) is 3.05. The summed E-state index contributed by atoms with van der Waals surface area (Å²) in [7, 11) is 0. The fourth-order valence-electron chi connectivity index (χ4n) is 1.41. The van der Waals surface area contributed by atoms with E-state index >= 15 is 0 Å². The van der Waals surface area contributed by atoms with Crippen molar-refractivity contribution in [1.82, 2.24) is 4.98 Å². The Hall–Kier alpha value is -0.900. The summed E-state index contributed by atoms with van der Waals surface area (Å²) >= 11 is 7.72. The maximum atomic E-state index is 6.09. The van der Waals surface area contributed by atoms with Gasteiger partial charge in [0.05, 0.1) is 16.8 Å². The molecule has 4 heteroatoms. The van der Waals surface area contributed by atoms with E-state index in [0.29, 0.717) is 5.02 Å². The first-order valence-corrected chi connectivity index (χ1v) is 5.85. The number of aromatic nitrogens is 1. The van der Waals surface area contributed by atoms with Crippen LogP contribution in [0.25, 0.3) is 0 Å². The van der Waals surface area contributed by atoms with Crippen molar-refractivity contribution in [1.29, 1.82) is 0 Å². The summed E-state index contributed by atoms with van der Waals surface area (Å²) in [5.74, 6) is 0. The minimum Gasteiger partial charge on any atom is -0.319 e. The molecule has 2 heterocycles. The van der Waals surface area contributed by atoms with Gasteiger partial charge in [-0.3, -0.25) is 4.98 Å². The van der Waals surface area contributed by atoms with Crippen LogP contribution in [0.3, 0.4) is 0 Å². The Labute approximate surface area is 97.7 Å². The van der Waals surface area contributed by atoms with Crippen molar-refractivity contribution in [2.45, 2.75) is 13.0 Å². The molecule has 0 fully saturated rings. The molecule has 0 saturated heterocycles. The first-order valence-electron chi connectivity index (χ1n) is 4.59. The van der Waals surface area contributed by atoms with Crippen molar-refractivity contribution in [3.8, 4) is 0 Å². The highest BCUT2D eigenvalue weighted by molar-refractivity contribution is 7.10. The fraction of sp³-hybridized carbons (Fsp3) is 0.182. The van der Waals surface area contributed by atoms with E-state index < -0.39 is 0 Å². The molecule has 0 aliphatic carbocycles. The zero-order valence-electron chi connectivity index (χ0n) is 8.27. The van der Waals surface area contributed by atoms with E-state index in [1.165, 1.54) is 4.88 Å². The van der Waals surface area contributed by atoms with E-state index in [2.05, 4.69) is 18.0 Å². The Bertz CT molecular complexity index is 467.